The molecule has 0 N–H and O–H groups in total. The van der Waals surface area contributed by atoms with E-state index >= 15 is 0 Å². The topological polar surface area (TPSA) is 70.0 Å². The van der Waals surface area contributed by atoms with Crippen LogP contribution in [-0.4, -0.2) is 45.2 Å². The quantitative estimate of drug-likeness (QED) is 0.810. The van der Waals surface area contributed by atoms with Crippen molar-refractivity contribution in [2.24, 2.45) is 4.40 Å². The molecular formula is C13H15N3O3S. The molecule has 0 bridgehead atoms. The van der Waals surface area contributed by atoms with Crippen molar-refractivity contribution >= 4 is 28.0 Å². The summed E-state index contributed by atoms with van der Waals surface area (Å²) in [6.07, 6.45) is 3.29. The molecule has 106 valence electrons. The zero-order chi connectivity index (χ0) is 14.2. The molecule has 0 radical (unpaired) electrons. The van der Waals surface area contributed by atoms with Gasteiger partial charge in [0.2, 0.25) is 5.91 Å². The molecule has 1 saturated heterocycles. The average Bonchev–Trinajstić information content (AvgIpc) is 2.96. The zero-order valence-corrected chi connectivity index (χ0v) is 11.7. The number of amides is 1. The fourth-order valence-corrected chi connectivity index (χ4v) is 3.54. The van der Waals surface area contributed by atoms with Crippen LogP contribution in [0.2, 0.25) is 0 Å². The molecule has 0 spiro atoms. The van der Waals surface area contributed by atoms with E-state index < -0.39 is 10.0 Å². The molecule has 0 saturated carbocycles. The summed E-state index contributed by atoms with van der Waals surface area (Å²) in [7, 11) is -3.63. The predicted molar refractivity (Wildman–Crippen MR) is 75.3 cm³/mol. The fourth-order valence-electron chi connectivity index (χ4n) is 2.49. The first-order valence-electron chi connectivity index (χ1n) is 6.52. The Morgan fingerprint density at radius 1 is 1.20 bits per heavy atom. The number of likely N-dealkylation sites (tertiary alicyclic amines) is 1. The molecule has 1 aromatic rings. The summed E-state index contributed by atoms with van der Waals surface area (Å²) in [6.45, 7) is 1.68. The van der Waals surface area contributed by atoms with E-state index in [1.807, 2.05) is 0 Å². The van der Waals surface area contributed by atoms with Gasteiger partial charge in [-0.05, 0) is 25.0 Å². The molecule has 0 aromatic heterocycles. The van der Waals surface area contributed by atoms with E-state index in [-0.39, 0.29) is 17.3 Å². The molecule has 20 heavy (non-hydrogen) atoms. The van der Waals surface area contributed by atoms with Gasteiger partial charge in [-0.2, -0.15) is 8.42 Å². The van der Waals surface area contributed by atoms with Crippen molar-refractivity contribution < 1.29 is 13.2 Å². The Hall–Kier alpha value is -1.89. The minimum Gasteiger partial charge on any atom is -0.341 e. The monoisotopic (exact) mass is 293 g/mol. The molecular weight excluding hydrogens is 278 g/mol. The number of hydrogen-bond acceptors (Lipinski definition) is 4. The SMILES string of the molecule is O=C(CN1C=NS(=O)(=O)c2ccccc21)N1CCCC1. The molecule has 0 atom stereocenters. The van der Waals surface area contributed by atoms with Crippen molar-refractivity contribution in [3.8, 4) is 0 Å². The first-order chi connectivity index (χ1) is 9.58. The first kappa shape index (κ1) is 13.1. The van der Waals surface area contributed by atoms with Crippen LogP contribution in [0.25, 0.3) is 0 Å². The van der Waals surface area contributed by atoms with Gasteiger partial charge in [-0.1, -0.05) is 12.1 Å². The highest BCUT2D eigenvalue weighted by Gasteiger charge is 2.27. The van der Waals surface area contributed by atoms with Crippen LogP contribution >= 0.6 is 0 Å². The number of nitrogens with zero attached hydrogens (tertiary/aromatic N) is 3. The largest absolute Gasteiger partial charge is 0.341 e. The Morgan fingerprint density at radius 3 is 2.65 bits per heavy atom. The molecule has 1 aromatic carbocycles. The first-order valence-corrected chi connectivity index (χ1v) is 7.96. The van der Waals surface area contributed by atoms with E-state index in [4.69, 9.17) is 0 Å². The zero-order valence-electron chi connectivity index (χ0n) is 10.9. The third-order valence-electron chi connectivity index (χ3n) is 3.54. The highest BCUT2D eigenvalue weighted by Crippen LogP contribution is 2.29. The Labute approximate surface area is 117 Å². The van der Waals surface area contributed by atoms with Crippen LogP contribution in [0.3, 0.4) is 0 Å². The summed E-state index contributed by atoms with van der Waals surface area (Å²) < 4.78 is 27.2. The van der Waals surface area contributed by atoms with Crippen LogP contribution in [0.5, 0.6) is 0 Å². The number of hydrogen-bond donors (Lipinski definition) is 0. The molecule has 1 fully saturated rings. The number of carbonyl (C=O) groups excluding carboxylic acids is 1. The maximum atomic E-state index is 12.2. The molecule has 2 aliphatic heterocycles. The van der Waals surface area contributed by atoms with E-state index in [0.29, 0.717) is 5.69 Å². The summed E-state index contributed by atoms with van der Waals surface area (Å²) in [5.74, 6) is 0.00283. The lowest BCUT2D eigenvalue weighted by molar-refractivity contribution is -0.128. The van der Waals surface area contributed by atoms with E-state index in [9.17, 15) is 13.2 Å². The second-order valence-corrected chi connectivity index (χ2v) is 6.48. The number of anilines is 1. The van der Waals surface area contributed by atoms with E-state index in [2.05, 4.69) is 4.40 Å². The maximum Gasteiger partial charge on any atom is 0.285 e. The Morgan fingerprint density at radius 2 is 1.90 bits per heavy atom. The highest BCUT2D eigenvalue weighted by atomic mass is 32.2. The molecule has 6 nitrogen and oxygen atoms in total. The molecule has 3 rings (SSSR count). The van der Waals surface area contributed by atoms with E-state index in [1.165, 1.54) is 12.4 Å². The third kappa shape index (κ3) is 2.29. The maximum absolute atomic E-state index is 12.2. The Bertz CT molecular complexity index is 663. The third-order valence-corrected chi connectivity index (χ3v) is 4.82. The number of benzene rings is 1. The molecule has 2 heterocycles. The van der Waals surface area contributed by atoms with Crippen molar-refractivity contribution in [1.82, 2.24) is 4.90 Å². The smallest absolute Gasteiger partial charge is 0.285 e. The van der Waals surface area contributed by atoms with Crippen molar-refractivity contribution in [3.63, 3.8) is 0 Å². The molecule has 2 aliphatic rings. The Balaban J connectivity index is 1.86. The van der Waals surface area contributed by atoms with Gasteiger partial charge in [-0.15, -0.1) is 4.40 Å². The van der Waals surface area contributed by atoms with Gasteiger partial charge >= 0.3 is 0 Å². The predicted octanol–water partition coefficient (Wildman–Crippen LogP) is 0.846. The van der Waals surface area contributed by atoms with Crippen LogP contribution in [0.1, 0.15) is 12.8 Å². The number of para-hydroxylation sites is 1. The van der Waals surface area contributed by atoms with E-state index in [0.717, 1.165) is 25.9 Å². The van der Waals surface area contributed by atoms with Gasteiger partial charge in [-0.25, -0.2) is 0 Å². The number of carbonyl (C=O) groups is 1. The summed E-state index contributed by atoms with van der Waals surface area (Å²) in [5, 5.41) is 0. The number of rotatable bonds is 2. The molecule has 0 aliphatic carbocycles. The van der Waals surface area contributed by atoms with Crippen molar-refractivity contribution in [2.75, 3.05) is 24.5 Å². The van der Waals surface area contributed by atoms with Gasteiger partial charge in [-0.3, -0.25) is 4.79 Å². The second kappa shape index (κ2) is 4.90. The average molecular weight is 293 g/mol. The van der Waals surface area contributed by atoms with Crippen molar-refractivity contribution in [1.29, 1.82) is 0 Å². The lowest BCUT2D eigenvalue weighted by atomic mass is 10.3. The van der Waals surface area contributed by atoms with Crippen LogP contribution in [0.4, 0.5) is 5.69 Å². The van der Waals surface area contributed by atoms with Gasteiger partial charge in [0.25, 0.3) is 10.0 Å². The van der Waals surface area contributed by atoms with Gasteiger partial charge in [0.1, 0.15) is 17.8 Å². The fraction of sp³-hybridized carbons (Fsp3) is 0.385. The minimum absolute atomic E-state index is 0.00283. The second-order valence-electron chi connectivity index (χ2n) is 4.88. The van der Waals surface area contributed by atoms with E-state index in [1.54, 1.807) is 28.0 Å². The number of fused-ring (bicyclic) bond motifs is 1. The van der Waals surface area contributed by atoms with Gasteiger partial charge in [0.05, 0.1) is 5.69 Å². The van der Waals surface area contributed by atoms with Gasteiger partial charge in [0.15, 0.2) is 0 Å². The highest BCUT2D eigenvalue weighted by molar-refractivity contribution is 7.90. The minimum atomic E-state index is -3.63. The van der Waals surface area contributed by atoms with Gasteiger partial charge in [0, 0.05) is 13.1 Å². The summed E-state index contributed by atoms with van der Waals surface area (Å²) >= 11 is 0. The molecule has 7 heteroatoms. The number of sulfonamides is 1. The Kier molecular flexibility index (Phi) is 3.21. The van der Waals surface area contributed by atoms with Crippen molar-refractivity contribution in [2.45, 2.75) is 17.7 Å². The summed E-state index contributed by atoms with van der Waals surface area (Å²) in [4.78, 5) is 15.7. The van der Waals surface area contributed by atoms with Crippen LogP contribution < -0.4 is 4.90 Å². The van der Waals surface area contributed by atoms with Crippen LogP contribution in [0.15, 0.2) is 33.6 Å². The normalized spacial score (nSPS) is 20.0. The van der Waals surface area contributed by atoms with Gasteiger partial charge < -0.3 is 9.80 Å². The lowest BCUT2D eigenvalue weighted by Gasteiger charge is -2.26. The van der Waals surface area contributed by atoms with Crippen LogP contribution in [0, 0.1) is 0 Å². The van der Waals surface area contributed by atoms with Crippen molar-refractivity contribution in [3.05, 3.63) is 24.3 Å². The standard InChI is InChI=1S/C13H15N3O3S/c17-13(15-7-3-4-8-15)9-16-10-14-20(18,19)12-6-2-1-5-11(12)16/h1-2,5-6,10H,3-4,7-9H2. The molecule has 1 amide bonds. The lowest BCUT2D eigenvalue weighted by Crippen LogP contribution is -2.40. The summed E-state index contributed by atoms with van der Waals surface area (Å²) in [5.41, 5.74) is 0.509. The summed E-state index contributed by atoms with van der Waals surface area (Å²) in [6, 6.07) is 6.60. The van der Waals surface area contributed by atoms with Crippen LogP contribution in [-0.2, 0) is 14.8 Å². The molecule has 0 unspecified atom stereocenters.